The molecule has 20 heavy (non-hydrogen) atoms. The van der Waals surface area contributed by atoms with Crippen LogP contribution in [0.5, 0.6) is 0 Å². The van der Waals surface area contributed by atoms with E-state index >= 15 is 0 Å². The van der Waals surface area contributed by atoms with E-state index in [2.05, 4.69) is 21.2 Å². The third-order valence-corrected chi connectivity index (χ3v) is 3.88. The van der Waals surface area contributed by atoms with Gasteiger partial charge in [-0.15, -0.1) is 0 Å². The van der Waals surface area contributed by atoms with Crippen molar-refractivity contribution >= 4 is 27.5 Å². The third kappa shape index (κ3) is 3.96. The number of halogens is 1. The van der Waals surface area contributed by atoms with Crippen molar-refractivity contribution in [3.63, 3.8) is 0 Å². The average Bonchev–Trinajstić information content (AvgIpc) is 2.36. The number of carbonyl (C=O) groups excluding carboxylic acids is 1. The summed E-state index contributed by atoms with van der Waals surface area (Å²) in [7, 11) is 0. The molecular weight excluding hydrogens is 320 g/mol. The number of amides is 1. The number of anilines is 1. The molecule has 2 rings (SSSR count). The molecule has 0 bridgehead atoms. The minimum Gasteiger partial charge on any atom is -0.376 e. The van der Waals surface area contributed by atoms with Crippen LogP contribution >= 0.6 is 15.9 Å². The number of ether oxygens (including phenoxy) is 1. The lowest BCUT2D eigenvalue weighted by Gasteiger charge is -2.35. The topological polar surface area (TPSA) is 41.6 Å². The van der Waals surface area contributed by atoms with E-state index in [0.717, 1.165) is 15.7 Å². The van der Waals surface area contributed by atoms with Gasteiger partial charge in [0.05, 0.1) is 18.8 Å². The number of benzene rings is 1. The number of hydrogen-bond acceptors (Lipinski definition) is 3. The van der Waals surface area contributed by atoms with E-state index in [4.69, 9.17) is 4.74 Å². The van der Waals surface area contributed by atoms with Crippen LogP contribution < -0.4 is 5.32 Å². The van der Waals surface area contributed by atoms with Gasteiger partial charge in [0, 0.05) is 23.2 Å². The molecule has 110 valence electrons. The lowest BCUT2D eigenvalue weighted by molar-refractivity contribution is -0.141. The van der Waals surface area contributed by atoms with Crippen LogP contribution in [0, 0.1) is 6.92 Å². The van der Waals surface area contributed by atoms with E-state index in [1.165, 1.54) is 0 Å². The van der Waals surface area contributed by atoms with Gasteiger partial charge in [0.15, 0.2) is 0 Å². The quantitative estimate of drug-likeness (QED) is 0.919. The number of rotatable bonds is 3. The average molecular weight is 341 g/mol. The summed E-state index contributed by atoms with van der Waals surface area (Å²) in [6, 6.07) is 5.99. The van der Waals surface area contributed by atoms with Crippen LogP contribution in [0.15, 0.2) is 22.7 Å². The number of nitrogens with one attached hydrogen (secondary N) is 1. The van der Waals surface area contributed by atoms with E-state index in [0.29, 0.717) is 19.6 Å². The Balaban J connectivity index is 1.91. The number of hydrogen-bond donors (Lipinski definition) is 1. The fourth-order valence-electron chi connectivity index (χ4n) is 2.49. The maximum absolute atomic E-state index is 12.2. The van der Waals surface area contributed by atoms with Crippen molar-refractivity contribution in [2.75, 3.05) is 25.0 Å². The molecule has 1 N–H and O–H groups in total. The first-order chi connectivity index (χ1) is 9.45. The van der Waals surface area contributed by atoms with Crippen LogP contribution in [0.1, 0.15) is 19.4 Å². The maximum atomic E-state index is 12.2. The molecule has 2 unspecified atom stereocenters. The van der Waals surface area contributed by atoms with Crippen LogP contribution in [-0.2, 0) is 9.53 Å². The Labute approximate surface area is 128 Å². The molecule has 0 aromatic heterocycles. The van der Waals surface area contributed by atoms with Gasteiger partial charge in [-0.3, -0.25) is 4.79 Å². The van der Waals surface area contributed by atoms with Gasteiger partial charge in [0.25, 0.3) is 0 Å². The Kier molecular flexibility index (Phi) is 5.05. The lowest BCUT2D eigenvalue weighted by Crippen LogP contribution is -2.49. The Bertz CT molecular complexity index is 483. The first-order valence-corrected chi connectivity index (χ1v) is 7.68. The highest BCUT2D eigenvalue weighted by Crippen LogP contribution is 2.20. The van der Waals surface area contributed by atoms with Crippen LogP contribution in [0.4, 0.5) is 5.69 Å². The normalized spacial score (nSPS) is 22.7. The van der Waals surface area contributed by atoms with Crippen molar-refractivity contribution in [2.45, 2.75) is 33.0 Å². The molecule has 1 aliphatic heterocycles. The van der Waals surface area contributed by atoms with Gasteiger partial charge in [-0.05, 0) is 44.5 Å². The van der Waals surface area contributed by atoms with Gasteiger partial charge in [0.2, 0.25) is 5.91 Å². The number of aryl methyl sites for hydroxylation is 1. The van der Waals surface area contributed by atoms with Crippen molar-refractivity contribution in [3.8, 4) is 0 Å². The van der Waals surface area contributed by atoms with Gasteiger partial charge in [-0.1, -0.05) is 15.9 Å². The molecule has 0 radical (unpaired) electrons. The molecule has 1 heterocycles. The van der Waals surface area contributed by atoms with Crippen LogP contribution in [0.2, 0.25) is 0 Å². The van der Waals surface area contributed by atoms with Crippen LogP contribution in [-0.4, -0.2) is 42.6 Å². The molecule has 1 aromatic rings. The predicted molar refractivity (Wildman–Crippen MR) is 84.0 cm³/mol. The summed E-state index contributed by atoms with van der Waals surface area (Å²) in [4.78, 5) is 14.1. The maximum Gasteiger partial charge on any atom is 0.242 e. The van der Waals surface area contributed by atoms with E-state index in [1.807, 2.05) is 43.9 Å². The zero-order chi connectivity index (χ0) is 14.7. The largest absolute Gasteiger partial charge is 0.376 e. The summed E-state index contributed by atoms with van der Waals surface area (Å²) in [5, 5.41) is 3.21. The second-order valence-electron chi connectivity index (χ2n) is 5.37. The Hall–Kier alpha value is -1.07. The smallest absolute Gasteiger partial charge is 0.242 e. The van der Waals surface area contributed by atoms with Gasteiger partial charge in [0.1, 0.15) is 0 Å². The molecular formula is C15H21BrN2O2. The van der Waals surface area contributed by atoms with Crippen molar-refractivity contribution in [2.24, 2.45) is 0 Å². The zero-order valence-electron chi connectivity index (χ0n) is 12.1. The second kappa shape index (κ2) is 6.59. The molecule has 5 heteroatoms. The minimum atomic E-state index is 0.108. The molecule has 4 nitrogen and oxygen atoms in total. The molecule has 1 saturated heterocycles. The molecule has 2 atom stereocenters. The molecule has 0 spiro atoms. The fourth-order valence-corrected chi connectivity index (χ4v) is 2.97. The summed E-state index contributed by atoms with van der Waals surface area (Å²) >= 11 is 3.44. The Morgan fingerprint density at radius 3 is 2.65 bits per heavy atom. The van der Waals surface area contributed by atoms with Gasteiger partial charge in [-0.25, -0.2) is 0 Å². The Morgan fingerprint density at radius 1 is 1.40 bits per heavy atom. The zero-order valence-corrected chi connectivity index (χ0v) is 13.7. The second-order valence-corrected chi connectivity index (χ2v) is 6.28. The van der Waals surface area contributed by atoms with Gasteiger partial charge < -0.3 is 15.0 Å². The highest BCUT2D eigenvalue weighted by Gasteiger charge is 2.25. The van der Waals surface area contributed by atoms with E-state index < -0.39 is 0 Å². The SMILES string of the molecule is Cc1cc(Br)ccc1NCC(=O)N1CC(C)OC(C)C1. The standard InChI is InChI=1S/C15H21BrN2O2/c1-10-6-13(16)4-5-14(10)17-7-15(19)18-8-11(2)20-12(3)9-18/h4-6,11-12,17H,7-9H2,1-3H3. The van der Waals surface area contributed by atoms with E-state index in [-0.39, 0.29) is 18.1 Å². The van der Waals surface area contributed by atoms with Gasteiger partial charge >= 0.3 is 0 Å². The predicted octanol–water partition coefficient (Wildman–Crippen LogP) is 2.81. The summed E-state index contributed by atoms with van der Waals surface area (Å²) in [5.74, 6) is 0.120. The molecule has 0 saturated carbocycles. The Morgan fingerprint density at radius 2 is 2.05 bits per heavy atom. The summed E-state index contributed by atoms with van der Waals surface area (Å²) in [6.07, 6.45) is 0.217. The van der Waals surface area contributed by atoms with E-state index in [1.54, 1.807) is 0 Å². The van der Waals surface area contributed by atoms with Crippen molar-refractivity contribution < 1.29 is 9.53 Å². The van der Waals surface area contributed by atoms with Crippen molar-refractivity contribution in [1.82, 2.24) is 4.90 Å². The highest BCUT2D eigenvalue weighted by atomic mass is 79.9. The van der Waals surface area contributed by atoms with Gasteiger partial charge in [-0.2, -0.15) is 0 Å². The monoisotopic (exact) mass is 340 g/mol. The number of morpholine rings is 1. The van der Waals surface area contributed by atoms with Crippen LogP contribution in [0.3, 0.4) is 0 Å². The summed E-state index contributed by atoms with van der Waals surface area (Å²) in [6.45, 7) is 7.69. The lowest BCUT2D eigenvalue weighted by atomic mass is 10.2. The highest BCUT2D eigenvalue weighted by molar-refractivity contribution is 9.10. The minimum absolute atomic E-state index is 0.108. The number of nitrogens with zero attached hydrogens (tertiary/aromatic N) is 1. The third-order valence-electron chi connectivity index (χ3n) is 3.39. The summed E-state index contributed by atoms with van der Waals surface area (Å²) < 4.78 is 6.69. The first-order valence-electron chi connectivity index (χ1n) is 6.89. The molecule has 0 aliphatic carbocycles. The summed E-state index contributed by atoms with van der Waals surface area (Å²) in [5.41, 5.74) is 2.12. The molecule has 1 amide bonds. The molecule has 1 aromatic carbocycles. The fraction of sp³-hybridized carbons (Fsp3) is 0.533. The molecule has 1 aliphatic rings. The first kappa shape index (κ1) is 15.3. The molecule has 1 fully saturated rings. The number of carbonyl (C=O) groups is 1. The van der Waals surface area contributed by atoms with Crippen molar-refractivity contribution in [1.29, 1.82) is 0 Å². The van der Waals surface area contributed by atoms with E-state index in [9.17, 15) is 4.79 Å². The van der Waals surface area contributed by atoms with Crippen LogP contribution in [0.25, 0.3) is 0 Å². The van der Waals surface area contributed by atoms with Crippen molar-refractivity contribution in [3.05, 3.63) is 28.2 Å².